The van der Waals surface area contributed by atoms with Gasteiger partial charge in [0, 0.05) is 31.5 Å². The van der Waals surface area contributed by atoms with Gasteiger partial charge in [-0.1, -0.05) is 18.2 Å². The molecule has 2 aromatic rings. The molecule has 1 atom stereocenters. The zero-order valence-electron chi connectivity index (χ0n) is 14.2. The van der Waals surface area contributed by atoms with Crippen molar-refractivity contribution < 1.29 is 4.79 Å². The summed E-state index contributed by atoms with van der Waals surface area (Å²) in [6.45, 7) is 6.31. The number of aryl methyl sites for hydroxylation is 1. The minimum Gasteiger partial charge on any atom is -0.310 e. The Morgan fingerprint density at radius 3 is 2.83 bits per heavy atom. The zero-order valence-corrected chi connectivity index (χ0v) is 14.2. The van der Waals surface area contributed by atoms with E-state index in [0.29, 0.717) is 0 Å². The number of amides is 1. The van der Waals surface area contributed by atoms with Gasteiger partial charge in [0.25, 0.3) is 0 Å². The molecule has 2 aliphatic rings. The number of carbonyl (C=O) groups is 1. The Balaban J connectivity index is 1.52. The maximum atomic E-state index is 13.0. The molecule has 0 saturated carbocycles. The lowest BCUT2D eigenvalue weighted by Gasteiger charge is -2.34. The maximum absolute atomic E-state index is 13.0. The third-order valence-corrected chi connectivity index (χ3v) is 5.15. The molecule has 1 amide bonds. The molecule has 5 nitrogen and oxygen atoms in total. The van der Waals surface area contributed by atoms with Crippen molar-refractivity contribution in [1.82, 2.24) is 14.9 Å². The highest BCUT2D eigenvalue weighted by Crippen LogP contribution is 2.29. The van der Waals surface area contributed by atoms with Crippen LogP contribution in [0.15, 0.2) is 30.5 Å². The summed E-state index contributed by atoms with van der Waals surface area (Å²) >= 11 is 0. The Kier molecular flexibility index (Phi) is 3.81. The minimum atomic E-state index is -0.139. The second kappa shape index (κ2) is 5.98. The average Bonchev–Trinajstić information content (AvgIpc) is 3.04. The van der Waals surface area contributed by atoms with Crippen LogP contribution in [0.3, 0.4) is 0 Å². The van der Waals surface area contributed by atoms with Gasteiger partial charge in [-0.05, 0) is 43.9 Å². The van der Waals surface area contributed by atoms with E-state index >= 15 is 0 Å². The van der Waals surface area contributed by atoms with Gasteiger partial charge < -0.3 is 4.90 Å². The van der Waals surface area contributed by atoms with Crippen molar-refractivity contribution in [1.29, 1.82) is 0 Å². The van der Waals surface area contributed by atoms with E-state index in [1.807, 2.05) is 37.1 Å². The number of para-hydroxylation sites is 1. The Morgan fingerprint density at radius 2 is 1.96 bits per heavy atom. The third-order valence-electron chi connectivity index (χ3n) is 5.15. The van der Waals surface area contributed by atoms with E-state index in [4.69, 9.17) is 0 Å². The molecule has 2 aliphatic heterocycles. The number of carbonyl (C=O) groups excluding carboxylic acids is 1. The lowest BCUT2D eigenvalue weighted by Crippen LogP contribution is -2.48. The molecule has 24 heavy (non-hydrogen) atoms. The summed E-state index contributed by atoms with van der Waals surface area (Å²) in [7, 11) is 0. The van der Waals surface area contributed by atoms with Gasteiger partial charge in [-0.25, -0.2) is 9.97 Å². The molecular weight excluding hydrogens is 300 g/mol. The Morgan fingerprint density at radius 1 is 1.17 bits per heavy atom. The molecule has 1 aromatic carbocycles. The fourth-order valence-electron chi connectivity index (χ4n) is 3.70. The quantitative estimate of drug-likeness (QED) is 0.850. The normalized spacial score (nSPS) is 18.2. The number of nitrogens with zero attached hydrogens (tertiary/aromatic N) is 4. The number of rotatable bonds is 2. The molecule has 3 heterocycles. The SMILES string of the molecule is Cc1ncc2c(n1)CN([C@H](C)C(=O)N1CCc3ccccc31)CC2. The lowest BCUT2D eigenvalue weighted by molar-refractivity contribution is -0.123. The Labute approximate surface area is 142 Å². The molecule has 0 fully saturated rings. The molecule has 0 saturated heterocycles. The van der Waals surface area contributed by atoms with Crippen molar-refractivity contribution in [2.45, 2.75) is 39.3 Å². The molecule has 4 rings (SSSR count). The van der Waals surface area contributed by atoms with Gasteiger partial charge in [0.15, 0.2) is 0 Å². The van der Waals surface area contributed by atoms with Crippen LogP contribution in [-0.4, -0.2) is 39.9 Å². The van der Waals surface area contributed by atoms with Crippen molar-refractivity contribution in [3.05, 3.63) is 53.1 Å². The van der Waals surface area contributed by atoms with Gasteiger partial charge in [-0.15, -0.1) is 0 Å². The molecule has 0 radical (unpaired) electrons. The van der Waals surface area contributed by atoms with Crippen LogP contribution in [0.4, 0.5) is 5.69 Å². The smallest absolute Gasteiger partial charge is 0.244 e. The highest BCUT2D eigenvalue weighted by Gasteiger charge is 2.32. The van der Waals surface area contributed by atoms with E-state index in [9.17, 15) is 4.79 Å². The topological polar surface area (TPSA) is 49.3 Å². The summed E-state index contributed by atoms with van der Waals surface area (Å²) in [5.74, 6) is 0.984. The van der Waals surface area contributed by atoms with E-state index in [0.717, 1.165) is 49.7 Å². The molecule has 0 N–H and O–H groups in total. The van der Waals surface area contributed by atoms with Crippen molar-refractivity contribution >= 4 is 11.6 Å². The second-order valence-corrected chi connectivity index (χ2v) is 6.65. The Bertz CT molecular complexity index is 789. The largest absolute Gasteiger partial charge is 0.310 e. The first-order valence-corrected chi connectivity index (χ1v) is 8.58. The van der Waals surface area contributed by atoms with Crippen LogP contribution in [0.5, 0.6) is 0 Å². The first-order chi connectivity index (χ1) is 11.6. The Hall–Kier alpha value is -2.27. The average molecular weight is 322 g/mol. The fourth-order valence-corrected chi connectivity index (χ4v) is 3.70. The van der Waals surface area contributed by atoms with E-state index < -0.39 is 0 Å². The lowest BCUT2D eigenvalue weighted by atomic mass is 10.0. The molecule has 1 aromatic heterocycles. The van der Waals surface area contributed by atoms with Gasteiger partial charge in [0.1, 0.15) is 5.82 Å². The summed E-state index contributed by atoms with van der Waals surface area (Å²) < 4.78 is 0. The van der Waals surface area contributed by atoms with Crippen LogP contribution < -0.4 is 4.90 Å². The van der Waals surface area contributed by atoms with Crippen molar-refractivity contribution in [2.24, 2.45) is 0 Å². The van der Waals surface area contributed by atoms with Crippen LogP contribution in [0.1, 0.15) is 29.6 Å². The maximum Gasteiger partial charge on any atom is 0.244 e. The molecule has 0 spiro atoms. The van der Waals surface area contributed by atoms with Crippen LogP contribution in [0, 0.1) is 6.92 Å². The molecule has 5 heteroatoms. The number of fused-ring (bicyclic) bond motifs is 2. The fraction of sp³-hybridized carbons (Fsp3) is 0.421. The molecule has 0 bridgehead atoms. The number of benzene rings is 1. The molecular formula is C19H22N4O. The van der Waals surface area contributed by atoms with E-state index in [2.05, 4.69) is 27.0 Å². The number of aromatic nitrogens is 2. The van der Waals surface area contributed by atoms with Crippen molar-refractivity contribution in [2.75, 3.05) is 18.0 Å². The molecule has 0 aliphatic carbocycles. The van der Waals surface area contributed by atoms with Gasteiger partial charge in [-0.2, -0.15) is 0 Å². The highest BCUT2D eigenvalue weighted by atomic mass is 16.2. The van der Waals surface area contributed by atoms with Crippen molar-refractivity contribution in [3.8, 4) is 0 Å². The van der Waals surface area contributed by atoms with Gasteiger partial charge >= 0.3 is 0 Å². The monoisotopic (exact) mass is 322 g/mol. The zero-order chi connectivity index (χ0) is 16.7. The summed E-state index contributed by atoms with van der Waals surface area (Å²) in [6, 6.07) is 8.07. The van der Waals surface area contributed by atoms with Crippen LogP contribution in [0.25, 0.3) is 0 Å². The van der Waals surface area contributed by atoms with E-state index in [1.54, 1.807) is 0 Å². The second-order valence-electron chi connectivity index (χ2n) is 6.65. The standard InChI is InChI=1S/C19H22N4O/c1-13(19(24)23-10-8-15-5-3-4-6-18(15)23)22-9-7-16-11-20-14(2)21-17(16)12-22/h3-6,11,13H,7-10,12H2,1-2H3/t13-/m1/s1. The summed E-state index contributed by atoms with van der Waals surface area (Å²) in [6.07, 6.45) is 3.78. The summed E-state index contributed by atoms with van der Waals surface area (Å²) in [5, 5.41) is 0. The van der Waals surface area contributed by atoms with Crippen LogP contribution >= 0.6 is 0 Å². The van der Waals surface area contributed by atoms with E-state index in [1.165, 1.54) is 11.1 Å². The predicted octanol–water partition coefficient (Wildman–Crippen LogP) is 2.12. The third kappa shape index (κ3) is 2.59. The van der Waals surface area contributed by atoms with Crippen LogP contribution in [-0.2, 0) is 24.2 Å². The predicted molar refractivity (Wildman–Crippen MR) is 92.8 cm³/mol. The summed E-state index contributed by atoms with van der Waals surface area (Å²) in [5.41, 5.74) is 4.62. The number of anilines is 1. The number of hydrogen-bond donors (Lipinski definition) is 0. The van der Waals surface area contributed by atoms with E-state index in [-0.39, 0.29) is 11.9 Å². The van der Waals surface area contributed by atoms with Gasteiger partial charge in [-0.3, -0.25) is 9.69 Å². The molecule has 0 unspecified atom stereocenters. The number of hydrogen-bond acceptors (Lipinski definition) is 4. The highest BCUT2D eigenvalue weighted by molar-refractivity contribution is 5.98. The van der Waals surface area contributed by atoms with Gasteiger partial charge in [0.05, 0.1) is 11.7 Å². The first kappa shape index (κ1) is 15.3. The summed E-state index contributed by atoms with van der Waals surface area (Å²) in [4.78, 5) is 26.1. The van der Waals surface area contributed by atoms with Crippen molar-refractivity contribution in [3.63, 3.8) is 0 Å². The van der Waals surface area contributed by atoms with Crippen LogP contribution in [0.2, 0.25) is 0 Å². The first-order valence-electron chi connectivity index (χ1n) is 8.58. The molecule has 124 valence electrons. The minimum absolute atomic E-state index is 0.139. The van der Waals surface area contributed by atoms with Gasteiger partial charge in [0.2, 0.25) is 5.91 Å².